The molecule has 2 atom stereocenters. The maximum atomic E-state index is 12.0. The van der Waals surface area contributed by atoms with Gasteiger partial charge >= 0.3 is 5.97 Å². The lowest BCUT2D eigenvalue weighted by Crippen LogP contribution is -2.76. The number of hydrogen-bond donors (Lipinski definition) is 2. The van der Waals surface area contributed by atoms with Gasteiger partial charge in [0.2, 0.25) is 5.91 Å². The van der Waals surface area contributed by atoms with E-state index in [1.54, 1.807) is 13.8 Å². The van der Waals surface area contributed by atoms with Gasteiger partial charge in [-0.2, -0.15) is 0 Å². The highest BCUT2D eigenvalue weighted by molar-refractivity contribution is 7.90. The normalized spacial score (nSPS) is 27.0. The van der Waals surface area contributed by atoms with Gasteiger partial charge in [0.1, 0.15) is 15.4 Å². The van der Waals surface area contributed by atoms with Crippen molar-refractivity contribution in [2.45, 2.75) is 51.7 Å². The van der Waals surface area contributed by atoms with Crippen LogP contribution in [0.3, 0.4) is 0 Å². The van der Waals surface area contributed by atoms with Crippen LogP contribution in [-0.2, 0) is 24.2 Å². The average Bonchev–Trinajstić information content (AvgIpc) is 2.35. The molecule has 0 heterocycles. The summed E-state index contributed by atoms with van der Waals surface area (Å²) in [6, 6.07) is 0. The third kappa shape index (κ3) is 3.78. The van der Waals surface area contributed by atoms with Crippen molar-refractivity contribution >= 4 is 21.7 Å². The molecule has 7 nitrogen and oxygen atoms in total. The Kier molecular flexibility index (Phi) is 5.61. The van der Waals surface area contributed by atoms with Crippen molar-refractivity contribution in [3.63, 3.8) is 0 Å². The highest BCUT2D eigenvalue weighted by Gasteiger charge is 2.66. The van der Waals surface area contributed by atoms with Crippen LogP contribution in [0.15, 0.2) is 0 Å². The molecule has 0 bridgehead atoms. The van der Waals surface area contributed by atoms with Gasteiger partial charge in [0, 0.05) is 31.1 Å². The lowest BCUT2D eigenvalue weighted by Gasteiger charge is -2.58. The molecule has 0 spiro atoms. The lowest BCUT2D eigenvalue weighted by atomic mass is 9.54. The summed E-state index contributed by atoms with van der Waals surface area (Å²) in [4.78, 5) is 23.7. The van der Waals surface area contributed by atoms with E-state index < -0.39 is 32.7 Å². The standard InChI is InChI=1S/C14H25NO6S/c1-5-21-10-9-14(12(17)18,13(10,2)3)15-11(16)7-6-8-22(4,19)20/h10H,5-9H2,1-4H3,(H,15,16)(H,17,18). The average molecular weight is 335 g/mol. The summed E-state index contributed by atoms with van der Waals surface area (Å²) in [6.07, 6.45) is 1.24. The van der Waals surface area contributed by atoms with E-state index in [0.29, 0.717) is 6.61 Å². The minimum atomic E-state index is -3.13. The van der Waals surface area contributed by atoms with Gasteiger partial charge in [-0.3, -0.25) is 4.79 Å². The number of hydrogen-bond acceptors (Lipinski definition) is 5. The maximum absolute atomic E-state index is 12.0. The number of carbonyl (C=O) groups is 2. The Labute approximate surface area is 131 Å². The third-order valence-electron chi connectivity index (χ3n) is 4.40. The molecule has 128 valence electrons. The van der Waals surface area contributed by atoms with Crippen LogP contribution in [0.2, 0.25) is 0 Å². The Balaban J connectivity index is 2.71. The van der Waals surface area contributed by atoms with Gasteiger partial charge in [0.05, 0.1) is 11.9 Å². The van der Waals surface area contributed by atoms with E-state index in [-0.39, 0.29) is 31.1 Å². The molecule has 2 unspecified atom stereocenters. The number of carbonyl (C=O) groups excluding carboxylic acids is 1. The second-order valence-corrected chi connectivity index (χ2v) is 8.62. The van der Waals surface area contributed by atoms with Crippen molar-refractivity contribution in [3.05, 3.63) is 0 Å². The zero-order valence-electron chi connectivity index (χ0n) is 13.5. The van der Waals surface area contributed by atoms with E-state index >= 15 is 0 Å². The molecule has 0 aromatic rings. The molecule has 1 amide bonds. The first-order valence-corrected chi connectivity index (χ1v) is 9.36. The fraction of sp³-hybridized carbons (Fsp3) is 0.857. The number of sulfone groups is 1. The summed E-state index contributed by atoms with van der Waals surface area (Å²) in [5, 5.41) is 12.1. The van der Waals surface area contributed by atoms with Gasteiger partial charge in [0.15, 0.2) is 0 Å². The molecule has 1 aliphatic rings. The molecular formula is C14H25NO6S. The Morgan fingerprint density at radius 3 is 2.36 bits per heavy atom. The zero-order chi connectivity index (χ0) is 17.2. The number of amides is 1. The van der Waals surface area contributed by atoms with Crippen LogP contribution in [0.4, 0.5) is 0 Å². The number of nitrogens with one attached hydrogen (secondary N) is 1. The van der Waals surface area contributed by atoms with Crippen molar-refractivity contribution in [2.24, 2.45) is 5.41 Å². The Hall–Kier alpha value is -1.15. The molecule has 1 rings (SSSR count). The van der Waals surface area contributed by atoms with E-state index in [1.165, 1.54) is 0 Å². The predicted molar refractivity (Wildman–Crippen MR) is 81.3 cm³/mol. The minimum absolute atomic E-state index is 0.0164. The number of carboxylic acids is 1. The molecule has 0 radical (unpaired) electrons. The van der Waals surface area contributed by atoms with E-state index in [1.807, 2.05) is 6.92 Å². The highest BCUT2D eigenvalue weighted by atomic mass is 32.2. The minimum Gasteiger partial charge on any atom is -0.479 e. The lowest BCUT2D eigenvalue weighted by molar-refractivity contribution is -0.194. The van der Waals surface area contributed by atoms with Gasteiger partial charge in [-0.25, -0.2) is 13.2 Å². The van der Waals surface area contributed by atoms with Crippen molar-refractivity contribution in [3.8, 4) is 0 Å². The molecule has 0 aliphatic heterocycles. The summed E-state index contributed by atoms with van der Waals surface area (Å²) >= 11 is 0. The van der Waals surface area contributed by atoms with Gasteiger partial charge in [-0.05, 0) is 13.3 Å². The van der Waals surface area contributed by atoms with Crippen molar-refractivity contribution in [1.29, 1.82) is 0 Å². The number of carboxylic acid groups (broad SMARTS) is 1. The van der Waals surface area contributed by atoms with Crippen molar-refractivity contribution in [2.75, 3.05) is 18.6 Å². The quantitative estimate of drug-likeness (QED) is 0.672. The van der Waals surface area contributed by atoms with E-state index in [2.05, 4.69) is 5.32 Å². The largest absolute Gasteiger partial charge is 0.479 e. The molecule has 8 heteroatoms. The molecule has 0 saturated heterocycles. The fourth-order valence-electron chi connectivity index (χ4n) is 2.83. The summed E-state index contributed by atoms with van der Waals surface area (Å²) in [5.74, 6) is -1.63. The van der Waals surface area contributed by atoms with Crippen molar-refractivity contribution < 1.29 is 27.9 Å². The Bertz CT molecular complexity index is 542. The van der Waals surface area contributed by atoms with Crippen LogP contribution in [0.5, 0.6) is 0 Å². The molecule has 1 fully saturated rings. The third-order valence-corrected chi connectivity index (χ3v) is 5.43. The second-order valence-electron chi connectivity index (χ2n) is 6.36. The van der Waals surface area contributed by atoms with Crippen LogP contribution in [0.1, 0.15) is 40.0 Å². The predicted octanol–water partition coefficient (Wildman–Crippen LogP) is 0.586. The van der Waals surface area contributed by atoms with Gasteiger partial charge in [0.25, 0.3) is 0 Å². The Morgan fingerprint density at radius 2 is 1.95 bits per heavy atom. The number of ether oxygens (including phenoxy) is 1. The SMILES string of the molecule is CCOC1CC(NC(=O)CCCS(C)(=O)=O)(C(=O)O)C1(C)C. The molecular weight excluding hydrogens is 310 g/mol. The van der Waals surface area contributed by atoms with Crippen LogP contribution >= 0.6 is 0 Å². The maximum Gasteiger partial charge on any atom is 0.330 e. The van der Waals surface area contributed by atoms with Gasteiger partial charge in [-0.1, -0.05) is 13.8 Å². The monoisotopic (exact) mass is 335 g/mol. The summed E-state index contributed by atoms with van der Waals surface area (Å²) in [5.41, 5.74) is -2.10. The Morgan fingerprint density at radius 1 is 1.36 bits per heavy atom. The smallest absolute Gasteiger partial charge is 0.330 e. The summed E-state index contributed by atoms with van der Waals surface area (Å²) < 4.78 is 27.6. The first-order chi connectivity index (χ1) is 9.96. The van der Waals surface area contributed by atoms with Crippen LogP contribution in [-0.4, -0.2) is 55.7 Å². The highest BCUT2D eigenvalue weighted by Crippen LogP contribution is 2.51. The summed E-state index contributed by atoms with van der Waals surface area (Å²) in [6.45, 7) is 5.82. The van der Waals surface area contributed by atoms with Crippen molar-refractivity contribution in [1.82, 2.24) is 5.32 Å². The van der Waals surface area contributed by atoms with E-state index in [9.17, 15) is 23.1 Å². The molecule has 22 heavy (non-hydrogen) atoms. The van der Waals surface area contributed by atoms with E-state index in [0.717, 1.165) is 6.26 Å². The van der Waals surface area contributed by atoms with E-state index in [4.69, 9.17) is 4.74 Å². The molecule has 1 saturated carbocycles. The molecule has 0 aromatic heterocycles. The summed E-state index contributed by atoms with van der Waals surface area (Å²) in [7, 11) is -3.13. The number of aliphatic carboxylic acids is 1. The molecule has 1 aliphatic carbocycles. The molecule has 2 N–H and O–H groups in total. The van der Waals surface area contributed by atoms with Crippen LogP contribution in [0, 0.1) is 5.41 Å². The topological polar surface area (TPSA) is 110 Å². The zero-order valence-corrected chi connectivity index (χ0v) is 14.3. The van der Waals surface area contributed by atoms with Crippen LogP contribution in [0.25, 0.3) is 0 Å². The van der Waals surface area contributed by atoms with Gasteiger partial charge in [-0.15, -0.1) is 0 Å². The number of rotatable bonds is 8. The second kappa shape index (κ2) is 6.54. The first-order valence-electron chi connectivity index (χ1n) is 7.30. The first kappa shape index (κ1) is 18.9. The molecule has 0 aromatic carbocycles. The fourth-order valence-corrected chi connectivity index (χ4v) is 3.50. The van der Waals surface area contributed by atoms with Gasteiger partial charge < -0.3 is 15.2 Å². The van der Waals surface area contributed by atoms with Crippen LogP contribution < -0.4 is 5.32 Å².